The second-order valence-corrected chi connectivity index (χ2v) is 5.33. The van der Waals surface area contributed by atoms with Gasteiger partial charge in [-0.3, -0.25) is 5.01 Å². The van der Waals surface area contributed by atoms with Gasteiger partial charge in [0.1, 0.15) is 11.9 Å². The van der Waals surface area contributed by atoms with Crippen molar-refractivity contribution in [1.82, 2.24) is 9.91 Å². The highest BCUT2D eigenvalue weighted by Crippen LogP contribution is 2.30. The zero-order valence-electron chi connectivity index (χ0n) is 11.1. The van der Waals surface area contributed by atoms with Crippen molar-refractivity contribution in [3.8, 4) is 5.75 Å². The van der Waals surface area contributed by atoms with Gasteiger partial charge in [0.25, 0.3) is 0 Å². The van der Waals surface area contributed by atoms with Crippen LogP contribution in [0.4, 0.5) is 4.79 Å². The average Bonchev–Trinajstić information content (AvgIpc) is 2.76. The number of rotatable bonds is 2. The van der Waals surface area contributed by atoms with E-state index in [1.54, 1.807) is 4.90 Å². The first kappa shape index (κ1) is 12.3. The van der Waals surface area contributed by atoms with Gasteiger partial charge in [-0.2, -0.15) is 0 Å². The first-order valence-electron chi connectivity index (χ1n) is 6.71. The Kier molecular flexibility index (Phi) is 3.06. The quantitative estimate of drug-likeness (QED) is 0.645. The van der Waals surface area contributed by atoms with E-state index in [9.17, 15) is 4.79 Å². The molecular formula is C14H19N3O2. The normalized spacial score (nSPS) is 22.4. The lowest BCUT2D eigenvalue weighted by Crippen LogP contribution is -2.54. The molecule has 102 valence electrons. The summed E-state index contributed by atoms with van der Waals surface area (Å²) in [5.41, 5.74) is 2.48. The van der Waals surface area contributed by atoms with Gasteiger partial charge >= 0.3 is 6.03 Å². The molecule has 1 unspecified atom stereocenters. The third kappa shape index (κ3) is 2.38. The number of ether oxygens (including phenoxy) is 1. The van der Waals surface area contributed by atoms with Crippen LogP contribution in [0.1, 0.15) is 17.5 Å². The van der Waals surface area contributed by atoms with Crippen LogP contribution in [0, 0.1) is 6.92 Å². The summed E-state index contributed by atoms with van der Waals surface area (Å²) in [7, 11) is 0. The average molecular weight is 261 g/mol. The van der Waals surface area contributed by atoms with E-state index in [1.165, 1.54) is 16.1 Å². The SMILES string of the molecule is Cc1ccc2c(c1)CC(CN1CCCN(N)C1=O)O2. The van der Waals surface area contributed by atoms with Crippen LogP contribution in [0.15, 0.2) is 18.2 Å². The van der Waals surface area contributed by atoms with Crippen molar-refractivity contribution in [1.29, 1.82) is 0 Å². The molecule has 1 fully saturated rings. The van der Waals surface area contributed by atoms with E-state index in [1.807, 2.05) is 6.07 Å². The van der Waals surface area contributed by atoms with Crippen molar-refractivity contribution in [3.05, 3.63) is 29.3 Å². The third-order valence-electron chi connectivity index (χ3n) is 3.72. The second kappa shape index (κ2) is 4.74. The van der Waals surface area contributed by atoms with E-state index in [4.69, 9.17) is 10.6 Å². The molecule has 2 N–H and O–H groups in total. The summed E-state index contributed by atoms with van der Waals surface area (Å²) in [6.45, 7) is 4.09. The van der Waals surface area contributed by atoms with Crippen LogP contribution in [-0.4, -0.2) is 41.7 Å². The summed E-state index contributed by atoms with van der Waals surface area (Å²) >= 11 is 0. The molecule has 0 saturated carbocycles. The smallest absolute Gasteiger partial charge is 0.334 e. The molecule has 2 aliphatic heterocycles. The van der Waals surface area contributed by atoms with E-state index in [0.29, 0.717) is 13.1 Å². The zero-order valence-corrected chi connectivity index (χ0v) is 11.1. The van der Waals surface area contributed by atoms with Crippen LogP contribution in [0.25, 0.3) is 0 Å². The predicted octanol–water partition coefficient (Wildman–Crippen LogP) is 1.30. The Balaban J connectivity index is 1.65. The minimum Gasteiger partial charge on any atom is -0.488 e. The van der Waals surface area contributed by atoms with Crippen molar-refractivity contribution in [3.63, 3.8) is 0 Å². The molecule has 3 rings (SSSR count). The molecule has 1 aromatic rings. The van der Waals surface area contributed by atoms with Crippen LogP contribution in [0.3, 0.4) is 0 Å². The van der Waals surface area contributed by atoms with E-state index in [-0.39, 0.29) is 12.1 Å². The number of hydrogen-bond acceptors (Lipinski definition) is 3. The fourth-order valence-corrected chi connectivity index (χ4v) is 2.77. The molecule has 19 heavy (non-hydrogen) atoms. The molecule has 1 aromatic carbocycles. The van der Waals surface area contributed by atoms with Gasteiger partial charge in [-0.15, -0.1) is 0 Å². The lowest BCUT2D eigenvalue weighted by atomic mass is 10.1. The fraction of sp³-hybridized carbons (Fsp3) is 0.500. The van der Waals surface area contributed by atoms with E-state index < -0.39 is 0 Å². The summed E-state index contributed by atoms with van der Waals surface area (Å²) < 4.78 is 5.90. The number of urea groups is 1. The standard InChI is InChI=1S/C14H19N3O2/c1-10-3-4-13-11(7-10)8-12(19-13)9-16-5-2-6-17(15)14(16)18/h3-4,7,12H,2,5-6,8-9,15H2,1H3. The Bertz CT molecular complexity index is 503. The minimum atomic E-state index is -0.0954. The number of benzene rings is 1. The molecular weight excluding hydrogens is 242 g/mol. The summed E-state index contributed by atoms with van der Waals surface area (Å²) in [4.78, 5) is 13.7. The zero-order chi connectivity index (χ0) is 13.4. The topological polar surface area (TPSA) is 58.8 Å². The van der Waals surface area contributed by atoms with E-state index >= 15 is 0 Å². The number of hydrogen-bond donors (Lipinski definition) is 1. The lowest BCUT2D eigenvalue weighted by molar-refractivity contribution is 0.103. The van der Waals surface area contributed by atoms with Gasteiger partial charge in [0, 0.05) is 19.5 Å². The highest BCUT2D eigenvalue weighted by Gasteiger charge is 2.30. The molecule has 1 atom stereocenters. The summed E-state index contributed by atoms with van der Waals surface area (Å²) in [6, 6.07) is 6.12. The number of carbonyl (C=O) groups is 1. The summed E-state index contributed by atoms with van der Waals surface area (Å²) in [5, 5.41) is 1.29. The van der Waals surface area contributed by atoms with Crippen molar-refractivity contribution < 1.29 is 9.53 Å². The third-order valence-corrected chi connectivity index (χ3v) is 3.72. The molecule has 0 bridgehead atoms. The number of amides is 2. The van der Waals surface area contributed by atoms with Crippen LogP contribution >= 0.6 is 0 Å². The predicted molar refractivity (Wildman–Crippen MR) is 71.8 cm³/mol. The molecule has 5 nitrogen and oxygen atoms in total. The first-order valence-corrected chi connectivity index (χ1v) is 6.71. The van der Waals surface area contributed by atoms with Crippen LogP contribution < -0.4 is 10.6 Å². The maximum absolute atomic E-state index is 11.9. The number of fused-ring (bicyclic) bond motifs is 1. The first-order chi connectivity index (χ1) is 9.13. The van der Waals surface area contributed by atoms with Crippen LogP contribution in [0.5, 0.6) is 5.75 Å². The van der Waals surface area contributed by atoms with E-state index in [2.05, 4.69) is 19.1 Å². The minimum absolute atomic E-state index is 0.0484. The molecule has 0 spiro atoms. The highest BCUT2D eigenvalue weighted by atomic mass is 16.5. The Morgan fingerprint density at radius 2 is 2.26 bits per heavy atom. The Morgan fingerprint density at radius 3 is 3.11 bits per heavy atom. The fourth-order valence-electron chi connectivity index (χ4n) is 2.77. The Labute approximate surface area is 112 Å². The molecule has 2 aliphatic rings. The summed E-state index contributed by atoms with van der Waals surface area (Å²) in [5.74, 6) is 6.60. The van der Waals surface area contributed by atoms with Gasteiger partial charge < -0.3 is 9.64 Å². The number of hydrazine groups is 1. The molecule has 2 heterocycles. The Hall–Kier alpha value is -1.75. The highest BCUT2D eigenvalue weighted by molar-refractivity contribution is 5.74. The van der Waals surface area contributed by atoms with Crippen molar-refractivity contribution in [2.75, 3.05) is 19.6 Å². The molecule has 0 aliphatic carbocycles. The maximum atomic E-state index is 11.9. The molecule has 2 amide bonds. The summed E-state index contributed by atoms with van der Waals surface area (Å²) in [6.07, 6.45) is 1.83. The van der Waals surface area contributed by atoms with Gasteiger partial charge in [-0.05, 0) is 25.0 Å². The lowest BCUT2D eigenvalue weighted by Gasteiger charge is -2.33. The van der Waals surface area contributed by atoms with Crippen molar-refractivity contribution in [2.24, 2.45) is 5.84 Å². The number of aryl methyl sites for hydroxylation is 1. The van der Waals surface area contributed by atoms with Gasteiger partial charge in [-0.1, -0.05) is 17.7 Å². The second-order valence-electron chi connectivity index (χ2n) is 5.33. The van der Waals surface area contributed by atoms with Gasteiger partial charge in [-0.25, -0.2) is 10.6 Å². The molecule has 0 radical (unpaired) electrons. The maximum Gasteiger partial charge on any atom is 0.334 e. The number of nitrogens with zero attached hydrogens (tertiary/aromatic N) is 2. The molecule has 0 aromatic heterocycles. The van der Waals surface area contributed by atoms with Crippen molar-refractivity contribution >= 4 is 6.03 Å². The number of carbonyl (C=O) groups excluding carboxylic acids is 1. The van der Waals surface area contributed by atoms with Crippen molar-refractivity contribution in [2.45, 2.75) is 25.9 Å². The molecule has 1 saturated heterocycles. The Morgan fingerprint density at radius 1 is 1.42 bits per heavy atom. The van der Waals surface area contributed by atoms with Gasteiger partial charge in [0.05, 0.1) is 6.54 Å². The molecule has 5 heteroatoms. The van der Waals surface area contributed by atoms with Gasteiger partial charge in [0.15, 0.2) is 0 Å². The monoisotopic (exact) mass is 261 g/mol. The van der Waals surface area contributed by atoms with Crippen LogP contribution in [-0.2, 0) is 6.42 Å². The van der Waals surface area contributed by atoms with Crippen LogP contribution in [0.2, 0.25) is 0 Å². The number of nitrogens with two attached hydrogens (primary N) is 1. The van der Waals surface area contributed by atoms with Gasteiger partial charge in [0.2, 0.25) is 0 Å². The largest absolute Gasteiger partial charge is 0.488 e. The van der Waals surface area contributed by atoms with E-state index in [0.717, 1.165) is 25.1 Å².